The zero-order chi connectivity index (χ0) is 17.3. The molecule has 3 rings (SSSR count). The van der Waals surface area contributed by atoms with Crippen LogP contribution in [0.2, 0.25) is 0 Å². The lowest BCUT2D eigenvalue weighted by molar-refractivity contribution is 0.0684. The van der Waals surface area contributed by atoms with Crippen molar-refractivity contribution >= 4 is 17.3 Å². The van der Waals surface area contributed by atoms with Crippen LogP contribution in [0.1, 0.15) is 54.7 Å². The van der Waals surface area contributed by atoms with Crippen LogP contribution in [0, 0.1) is 5.92 Å². The minimum atomic E-state index is -0.250. The molecule has 1 aliphatic rings. The van der Waals surface area contributed by atoms with Gasteiger partial charge in [0.05, 0.1) is 5.52 Å². The number of carbonyl (C=O) groups is 2. The van der Waals surface area contributed by atoms with Crippen LogP contribution in [0.25, 0.3) is 5.52 Å². The second kappa shape index (κ2) is 6.63. The van der Waals surface area contributed by atoms with Crippen LogP contribution < -0.4 is 5.32 Å². The first-order valence-electron chi connectivity index (χ1n) is 8.54. The summed E-state index contributed by atoms with van der Waals surface area (Å²) in [6.45, 7) is 7.50. The lowest BCUT2D eigenvalue weighted by Crippen LogP contribution is -2.38. The highest BCUT2D eigenvalue weighted by Gasteiger charge is 2.27. The van der Waals surface area contributed by atoms with E-state index in [0.29, 0.717) is 23.0 Å². The number of nitrogens with zero attached hydrogens (tertiary/aromatic N) is 3. The van der Waals surface area contributed by atoms with E-state index in [4.69, 9.17) is 0 Å². The summed E-state index contributed by atoms with van der Waals surface area (Å²) in [5, 5.41) is 2.85. The Labute approximate surface area is 141 Å². The fraction of sp³-hybridized carbons (Fsp3) is 0.500. The van der Waals surface area contributed by atoms with E-state index in [0.717, 1.165) is 25.9 Å². The Balaban J connectivity index is 1.96. The van der Waals surface area contributed by atoms with Crippen LogP contribution in [0.15, 0.2) is 24.4 Å². The topological polar surface area (TPSA) is 66.7 Å². The molecule has 0 atom stereocenters. The van der Waals surface area contributed by atoms with Crippen molar-refractivity contribution in [2.24, 2.45) is 5.92 Å². The van der Waals surface area contributed by atoms with Crippen molar-refractivity contribution in [3.05, 3.63) is 35.9 Å². The van der Waals surface area contributed by atoms with Gasteiger partial charge in [0.1, 0.15) is 0 Å². The lowest BCUT2D eigenvalue weighted by Gasteiger charge is -2.29. The molecule has 0 aromatic carbocycles. The summed E-state index contributed by atoms with van der Waals surface area (Å²) in [5.74, 6) is 0.610. The molecule has 24 heavy (non-hydrogen) atoms. The number of nitrogens with one attached hydrogen (secondary N) is 1. The Morgan fingerprint density at radius 3 is 2.62 bits per heavy atom. The van der Waals surface area contributed by atoms with E-state index >= 15 is 0 Å². The van der Waals surface area contributed by atoms with Crippen molar-refractivity contribution in [1.82, 2.24) is 19.6 Å². The van der Waals surface area contributed by atoms with Crippen molar-refractivity contribution in [1.29, 1.82) is 0 Å². The first-order chi connectivity index (χ1) is 11.5. The highest BCUT2D eigenvalue weighted by molar-refractivity contribution is 6.02. The summed E-state index contributed by atoms with van der Waals surface area (Å²) in [4.78, 5) is 31.5. The lowest BCUT2D eigenvalue weighted by atomic mass is 9.99. The van der Waals surface area contributed by atoms with Gasteiger partial charge in [-0.2, -0.15) is 0 Å². The Hall–Kier alpha value is -2.37. The quantitative estimate of drug-likeness (QED) is 0.940. The predicted octanol–water partition coefficient (Wildman–Crippen LogP) is 2.34. The Bertz CT molecular complexity index is 757. The van der Waals surface area contributed by atoms with Gasteiger partial charge in [0, 0.05) is 25.3 Å². The summed E-state index contributed by atoms with van der Waals surface area (Å²) in [7, 11) is 0. The van der Waals surface area contributed by atoms with Crippen LogP contribution in [0.4, 0.5) is 0 Å². The van der Waals surface area contributed by atoms with Gasteiger partial charge in [-0.15, -0.1) is 0 Å². The number of likely N-dealkylation sites (tertiary alicyclic amines) is 1. The molecule has 1 N–H and O–H groups in total. The highest BCUT2D eigenvalue weighted by Crippen LogP contribution is 2.20. The van der Waals surface area contributed by atoms with Crippen molar-refractivity contribution in [3.63, 3.8) is 0 Å². The third-order valence-electron chi connectivity index (χ3n) is 4.45. The van der Waals surface area contributed by atoms with E-state index in [2.05, 4.69) is 17.2 Å². The molecule has 6 nitrogen and oxygen atoms in total. The minimum Gasteiger partial charge on any atom is -0.348 e. The van der Waals surface area contributed by atoms with Crippen molar-refractivity contribution < 1.29 is 9.59 Å². The molecule has 0 spiro atoms. The van der Waals surface area contributed by atoms with E-state index in [-0.39, 0.29) is 17.9 Å². The van der Waals surface area contributed by atoms with Crippen LogP contribution in [-0.4, -0.2) is 45.2 Å². The van der Waals surface area contributed by atoms with Gasteiger partial charge < -0.3 is 10.2 Å². The number of carbonyl (C=O) groups excluding carboxylic acids is 2. The zero-order valence-electron chi connectivity index (χ0n) is 14.5. The second-order valence-electron chi connectivity index (χ2n) is 6.84. The molecule has 1 fully saturated rings. The summed E-state index contributed by atoms with van der Waals surface area (Å²) in [5.41, 5.74) is 0.961. The molecule has 1 saturated heterocycles. The average molecular weight is 328 g/mol. The second-order valence-corrected chi connectivity index (χ2v) is 6.84. The SMILES string of the molecule is CC1CCN(C(=O)c2nc(C(=O)NC(C)C)c3ccccn23)CC1. The summed E-state index contributed by atoms with van der Waals surface area (Å²) < 4.78 is 1.72. The van der Waals surface area contributed by atoms with Gasteiger partial charge in [-0.3, -0.25) is 14.0 Å². The molecular formula is C18H24N4O2. The van der Waals surface area contributed by atoms with Crippen LogP contribution >= 0.6 is 0 Å². The smallest absolute Gasteiger partial charge is 0.290 e. The summed E-state index contributed by atoms with van der Waals surface area (Å²) in [6, 6.07) is 5.52. The van der Waals surface area contributed by atoms with Gasteiger partial charge in [-0.05, 0) is 44.7 Å². The van der Waals surface area contributed by atoms with Crippen molar-refractivity contribution in [2.75, 3.05) is 13.1 Å². The third-order valence-corrected chi connectivity index (χ3v) is 4.45. The van der Waals surface area contributed by atoms with Crippen molar-refractivity contribution in [2.45, 2.75) is 39.7 Å². The number of imidazole rings is 1. The fourth-order valence-electron chi connectivity index (χ4n) is 3.04. The molecule has 2 aromatic rings. The Morgan fingerprint density at radius 2 is 1.96 bits per heavy atom. The average Bonchev–Trinajstić information content (AvgIpc) is 2.94. The summed E-state index contributed by atoms with van der Waals surface area (Å²) in [6.07, 6.45) is 3.81. The number of hydrogen-bond donors (Lipinski definition) is 1. The first-order valence-corrected chi connectivity index (χ1v) is 8.54. The van der Waals surface area contributed by atoms with Crippen LogP contribution in [0.5, 0.6) is 0 Å². The van der Waals surface area contributed by atoms with E-state index < -0.39 is 0 Å². The number of rotatable bonds is 3. The summed E-state index contributed by atoms with van der Waals surface area (Å²) >= 11 is 0. The van der Waals surface area contributed by atoms with E-state index in [1.807, 2.05) is 36.9 Å². The Morgan fingerprint density at radius 1 is 1.25 bits per heavy atom. The Kier molecular flexibility index (Phi) is 4.55. The van der Waals surface area contributed by atoms with E-state index in [1.54, 1.807) is 10.6 Å². The van der Waals surface area contributed by atoms with Gasteiger partial charge in [0.15, 0.2) is 5.69 Å². The van der Waals surface area contributed by atoms with Gasteiger partial charge in [0.25, 0.3) is 11.8 Å². The molecule has 1 aliphatic heterocycles. The molecule has 0 bridgehead atoms. The number of aromatic nitrogens is 2. The van der Waals surface area contributed by atoms with Gasteiger partial charge in [0.2, 0.25) is 5.82 Å². The maximum atomic E-state index is 12.9. The molecule has 128 valence electrons. The van der Waals surface area contributed by atoms with E-state index in [1.165, 1.54) is 0 Å². The van der Waals surface area contributed by atoms with Crippen LogP contribution in [-0.2, 0) is 0 Å². The molecule has 2 aromatic heterocycles. The number of hydrogen-bond acceptors (Lipinski definition) is 3. The van der Waals surface area contributed by atoms with E-state index in [9.17, 15) is 9.59 Å². The highest BCUT2D eigenvalue weighted by atomic mass is 16.2. The molecule has 0 saturated carbocycles. The predicted molar refractivity (Wildman–Crippen MR) is 92.1 cm³/mol. The normalized spacial score (nSPS) is 15.9. The molecule has 2 amide bonds. The molecule has 0 aliphatic carbocycles. The maximum Gasteiger partial charge on any atom is 0.290 e. The van der Waals surface area contributed by atoms with Gasteiger partial charge in [-0.1, -0.05) is 13.0 Å². The van der Waals surface area contributed by atoms with Gasteiger partial charge in [-0.25, -0.2) is 4.98 Å². The fourth-order valence-corrected chi connectivity index (χ4v) is 3.04. The number of amides is 2. The molecule has 0 unspecified atom stereocenters. The molecular weight excluding hydrogens is 304 g/mol. The zero-order valence-corrected chi connectivity index (χ0v) is 14.5. The maximum absolute atomic E-state index is 12.9. The largest absolute Gasteiger partial charge is 0.348 e. The molecule has 0 radical (unpaired) electrons. The number of piperidine rings is 1. The van der Waals surface area contributed by atoms with Gasteiger partial charge >= 0.3 is 0 Å². The number of pyridine rings is 1. The minimum absolute atomic E-state index is 0.0145. The third kappa shape index (κ3) is 3.13. The first kappa shape index (κ1) is 16.5. The molecule has 6 heteroatoms. The monoisotopic (exact) mass is 328 g/mol. The van der Waals surface area contributed by atoms with Crippen molar-refractivity contribution in [3.8, 4) is 0 Å². The standard InChI is InChI=1S/C18H24N4O2/c1-12(2)19-17(23)15-14-6-4-5-9-22(14)16(20-15)18(24)21-10-7-13(3)8-11-21/h4-6,9,12-13H,7-8,10-11H2,1-3H3,(H,19,23). The molecule has 3 heterocycles. The van der Waals surface area contributed by atoms with Crippen LogP contribution in [0.3, 0.4) is 0 Å². The number of fused-ring (bicyclic) bond motifs is 1.